The summed E-state index contributed by atoms with van der Waals surface area (Å²) in [5, 5.41) is 0. The van der Waals surface area contributed by atoms with E-state index >= 15 is 0 Å². The average molecular weight is 524 g/mol. The number of hydrogen-bond donors (Lipinski definition) is 0. The normalized spacial score (nSPS) is 12.2. The highest BCUT2D eigenvalue weighted by molar-refractivity contribution is 6.60. The van der Waals surface area contributed by atoms with E-state index in [0.717, 1.165) is 23.5 Å². The summed E-state index contributed by atoms with van der Waals surface area (Å²) in [4.78, 5) is 0. The molecule has 0 aliphatic heterocycles. The van der Waals surface area contributed by atoms with Crippen LogP contribution in [0.4, 0.5) is 0 Å². The van der Waals surface area contributed by atoms with E-state index in [9.17, 15) is 0 Å². The van der Waals surface area contributed by atoms with Crippen molar-refractivity contribution in [2.75, 3.05) is 48.5 Å². The predicted octanol–water partition coefficient (Wildman–Crippen LogP) is 5.38. The van der Waals surface area contributed by atoms with Gasteiger partial charge in [-0.2, -0.15) is 0 Å². The van der Waals surface area contributed by atoms with Gasteiger partial charge in [0.15, 0.2) is 0 Å². The topological polar surface area (TPSA) is 27.7 Å². The first-order chi connectivity index (χ1) is 15.9. The minimum absolute atomic E-state index is 0. The molecule has 0 rings (SSSR count). The molecule has 0 N–H and O–H groups in total. The van der Waals surface area contributed by atoms with Gasteiger partial charge in [0.05, 0.1) is 27.2 Å². The Kier molecular flexibility index (Phi) is 26.9. The summed E-state index contributed by atoms with van der Waals surface area (Å²) in [6.45, 7) is 4.72. The molecule has 0 unspecified atom stereocenters. The third kappa shape index (κ3) is 21.6. The Balaban J connectivity index is 0. The van der Waals surface area contributed by atoms with Crippen molar-refractivity contribution >= 4 is 8.80 Å². The maximum absolute atomic E-state index is 5.54. The summed E-state index contributed by atoms with van der Waals surface area (Å²) in [6, 6.07) is 0.900. The summed E-state index contributed by atoms with van der Waals surface area (Å²) in [5.74, 6) is 0. The highest BCUT2D eigenvalue weighted by Crippen LogP contribution is 2.18. The van der Waals surface area contributed by atoms with Crippen LogP contribution >= 0.6 is 0 Å². The summed E-state index contributed by atoms with van der Waals surface area (Å²) >= 11 is 0. The lowest BCUT2D eigenvalue weighted by atomic mass is 10.0. The van der Waals surface area contributed by atoms with E-state index in [-0.39, 0.29) is 12.4 Å². The molecular formula is C28H62ClNO3Si. The second kappa shape index (κ2) is 25.0. The van der Waals surface area contributed by atoms with Crippen LogP contribution < -0.4 is 12.4 Å². The van der Waals surface area contributed by atoms with Crippen LogP contribution in [0.25, 0.3) is 0 Å². The van der Waals surface area contributed by atoms with Crippen LogP contribution in [0.1, 0.15) is 129 Å². The molecule has 0 spiro atoms. The van der Waals surface area contributed by atoms with E-state index in [2.05, 4.69) is 21.0 Å². The van der Waals surface area contributed by atoms with Crippen LogP contribution in [0, 0.1) is 0 Å². The molecule has 6 heteroatoms. The predicted molar refractivity (Wildman–Crippen MR) is 147 cm³/mol. The molecule has 208 valence electrons. The Labute approximate surface area is 222 Å². The molecular weight excluding hydrogens is 462 g/mol. The fourth-order valence-electron chi connectivity index (χ4n) is 4.83. The maximum Gasteiger partial charge on any atom is 0.500 e. The molecule has 0 radical (unpaired) electrons. The van der Waals surface area contributed by atoms with E-state index in [0.29, 0.717) is 0 Å². The van der Waals surface area contributed by atoms with Gasteiger partial charge in [0, 0.05) is 33.8 Å². The van der Waals surface area contributed by atoms with E-state index in [1.165, 1.54) is 122 Å². The Hall–Kier alpha value is 0.347. The first-order valence-electron chi connectivity index (χ1n) is 14.4. The van der Waals surface area contributed by atoms with Crippen molar-refractivity contribution < 1.29 is 30.2 Å². The van der Waals surface area contributed by atoms with Crippen LogP contribution in [0.2, 0.25) is 6.04 Å². The van der Waals surface area contributed by atoms with Crippen molar-refractivity contribution in [1.82, 2.24) is 0 Å². The van der Waals surface area contributed by atoms with Gasteiger partial charge in [-0.15, -0.1) is 0 Å². The quantitative estimate of drug-likeness (QED) is 0.0865. The van der Waals surface area contributed by atoms with Crippen molar-refractivity contribution in [3.05, 3.63) is 0 Å². The molecule has 0 aromatic carbocycles. The zero-order chi connectivity index (χ0) is 24.7. The first kappa shape index (κ1) is 36.5. The van der Waals surface area contributed by atoms with Crippen LogP contribution in [0.15, 0.2) is 0 Å². The number of quaternary nitrogens is 1. The van der Waals surface area contributed by atoms with Gasteiger partial charge in [0.1, 0.15) is 0 Å². The van der Waals surface area contributed by atoms with Crippen molar-refractivity contribution in [2.24, 2.45) is 0 Å². The molecule has 0 aromatic heterocycles. The molecule has 0 saturated carbocycles. The number of unbranched alkanes of at least 4 members (excludes halogenated alkanes) is 17. The van der Waals surface area contributed by atoms with Crippen LogP contribution in [-0.4, -0.2) is 61.8 Å². The van der Waals surface area contributed by atoms with Gasteiger partial charge in [-0.3, -0.25) is 0 Å². The molecule has 0 saturated heterocycles. The van der Waals surface area contributed by atoms with Crippen molar-refractivity contribution in [3.8, 4) is 0 Å². The molecule has 0 aromatic rings. The number of hydrogen-bond acceptors (Lipinski definition) is 3. The van der Waals surface area contributed by atoms with Gasteiger partial charge in [-0.05, 0) is 12.8 Å². The Morgan fingerprint density at radius 3 is 1.09 bits per heavy atom. The highest BCUT2D eigenvalue weighted by atomic mass is 35.5. The van der Waals surface area contributed by atoms with Gasteiger partial charge in [-0.25, -0.2) is 0 Å². The molecule has 0 atom stereocenters. The molecule has 0 fully saturated rings. The SMILES string of the molecule is CCCCCCCCCCCCCCCCCCCC[N+](C)(C)CCC[Si](OC)(OC)OC.[Cl-]. The second-order valence-electron chi connectivity index (χ2n) is 10.8. The Bertz CT molecular complexity index is 401. The largest absolute Gasteiger partial charge is 1.00 e. The van der Waals surface area contributed by atoms with Crippen molar-refractivity contribution in [1.29, 1.82) is 0 Å². The van der Waals surface area contributed by atoms with Gasteiger partial charge in [-0.1, -0.05) is 110 Å². The minimum atomic E-state index is -2.41. The average Bonchev–Trinajstić information content (AvgIpc) is 2.81. The molecule has 4 nitrogen and oxygen atoms in total. The summed E-state index contributed by atoms with van der Waals surface area (Å²) < 4.78 is 17.7. The third-order valence-corrected chi connectivity index (χ3v) is 10.1. The van der Waals surface area contributed by atoms with E-state index < -0.39 is 8.80 Å². The van der Waals surface area contributed by atoms with Crippen molar-refractivity contribution in [2.45, 2.75) is 135 Å². The highest BCUT2D eigenvalue weighted by Gasteiger charge is 2.37. The Morgan fingerprint density at radius 1 is 0.471 bits per heavy atom. The lowest BCUT2D eigenvalue weighted by Gasteiger charge is -2.31. The molecule has 0 heterocycles. The first-order valence-corrected chi connectivity index (χ1v) is 16.4. The lowest BCUT2D eigenvalue weighted by molar-refractivity contribution is -0.890. The number of nitrogens with zero attached hydrogens (tertiary/aromatic N) is 1. The Morgan fingerprint density at radius 2 is 0.765 bits per heavy atom. The summed E-state index contributed by atoms with van der Waals surface area (Å²) in [7, 11) is 7.41. The fourth-order valence-corrected chi connectivity index (χ4v) is 6.54. The maximum atomic E-state index is 5.54. The molecule has 0 amide bonds. The van der Waals surface area contributed by atoms with Crippen LogP contribution in [0.5, 0.6) is 0 Å². The molecule has 0 aliphatic carbocycles. The van der Waals surface area contributed by atoms with E-state index in [4.69, 9.17) is 13.3 Å². The van der Waals surface area contributed by atoms with Crippen molar-refractivity contribution in [3.63, 3.8) is 0 Å². The minimum Gasteiger partial charge on any atom is -1.00 e. The van der Waals surface area contributed by atoms with Gasteiger partial charge >= 0.3 is 8.80 Å². The fraction of sp³-hybridized carbons (Fsp3) is 1.00. The zero-order valence-electron chi connectivity index (χ0n) is 24.1. The molecule has 0 aliphatic rings. The number of rotatable bonds is 26. The van der Waals surface area contributed by atoms with Crippen LogP contribution in [-0.2, 0) is 13.3 Å². The molecule has 0 bridgehead atoms. The van der Waals surface area contributed by atoms with E-state index in [1.54, 1.807) is 21.3 Å². The van der Waals surface area contributed by atoms with Gasteiger partial charge in [0.2, 0.25) is 0 Å². The lowest BCUT2D eigenvalue weighted by Crippen LogP contribution is -3.00. The second-order valence-corrected chi connectivity index (χ2v) is 13.9. The summed E-state index contributed by atoms with van der Waals surface area (Å²) in [6.07, 6.45) is 27.0. The summed E-state index contributed by atoms with van der Waals surface area (Å²) in [5.41, 5.74) is 0. The third-order valence-electron chi connectivity index (χ3n) is 7.30. The van der Waals surface area contributed by atoms with Gasteiger partial charge < -0.3 is 30.2 Å². The monoisotopic (exact) mass is 523 g/mol. The number of halogens is 1. The van der Waals surface area contributed by atoms with Crippen LogP contribution in [0.3, 0.4) is 0 Å². The van der Waals surface area contributed by atoms with E-state index in [1.807, 2.05) is 0 Å². The zero-order valence-corrected chi connectivity index (χ0v) is 25.9. The smallest absolute Gasteiger partial charge is 0.500 e. The molecule has 34 heavy (non-hydrogen) atoms. The standard InChI is InChI=1S/C28H62NO3Si.ClH/c1-7-8-9-10-11-12-13-14-15-16-17-18-19-20-21-22-23-24-26-29(2,3)27-25-28-33(30-4,31-5)32-6;/h7-28H2,1-6H3;1H/q+1;/p-1. The van der Waals surface area contributed by atoms with Gasteiger partial charge in [0.25, 0.3) is 0 Å².